The van der Waals surface area contributed by atoms with Crippen LogP contribution in [0.2, 0.25) is 0 Å². The second-order valence-corrected chi connectivity index (χ2v) is 6.27. The molecule has 0 spiro atoms. The van der Waals surface area contributed by atoms with Gasteiger partial charge in [0.05, 0.1) is 19.0 Å². The lowest BCUT2D eigenvalue weighted by atomic mass is 10.1. The zero-order valence-electron chi connectivity index (χ0n) is 14.7. The summed E-state index contributed by atoms with van der Waals surface area (Å²) in [4.78, 5) is 18.6. The van der Waals surface area contributed by atoms with Gasteiger partial charge in [0, 0.05) is 19.6 Å². The van der Waals surface area contributed by atoms with Crippen LogP contribution in [0.25, 0.3) is 0 Å². The number of carbonyl (C=O) groups excluding carboxylic acids is 1. The highest BCUT2D eigenvalue weighted by Crippen LogP contribution is 2.18. The van der Waals surface area contributed by atoms with Crippen molar-refractivity contribution in [3.63, 3.8) is 0 Å². The molecule has 1 aromatic heterocycles. The summed E-state index contributed by atoms with van der Waals surface area (Å²) in [5, 5.41) is 3.35. The number of aromatic nitrogens is 1. The summed E-state index contributed by atoms with van der Waals surface area (Å²) in [6.07, 6.45) is 5.99. The van der Waals surface area contributed by atoms with Gasteiger partial charge in [-0.15, -0.1) is 0 Å². The summed E-state index contributed by atoms with van der Waals surface area (Å²) in [5.74, 6) is 0.949. The van der Waals surface area contributed by atoms with Crippen molar-refractivity contribution in [3.8, 4) is 5.75 Å². The molecule has 0 atom stereocenters. The number of para-hydroxylation sites is 1. The number of nitrogens with one attached hydrogen (secondary N) is 1. The molecule has 5 nitrogen and oxygen atoms in total. The minimum atomic E-state index is 0.0419. The molecule has 0 bridgehead atoms. The van der Waals surface area contributed by atoms with Gasteiger partial charge in [0.15, 0.2) is 0 Å². The van der Waals surface area contributed by atoms with Crippen LogP contribution >= 0.6 is 0 Å². The fourth-order valence-electron chi connectivity index (χ4n) is 3.13. The van der Waals surface area contributed by atoms with E-state index >= 15 is 0 Å². The van der Waals surface area contributed by atoms with Crippen LogP contribution in [0.15, 0.2) is 42.6 Å². The topological polar surface area (TPSA) is 54.5 Å². The van der Waals surface area contributed by atoms with Crippen LogP contribution < -0.4 is 10.1 Å². The molecule has 132 valence electrons. The zero-order valence-corrected chi connectivity index (χ0v) is 14.7. The van der Waals surface area contributed by atoms with Crippen LogP contribution in [0.5, 0.6) is 5.75 Å². The fourth-order valence-corrected chi connectivity index (χ4v) is 3.13. The van der Waals surface area contributed by atoms with Crippen molar-refractivity contribution in [1.29, 1.82) is 0 Å². The molecule has 0 aliphatic carbocycles. The first-order valence-electron chi connectivity index (χ1n) is 8.89. The van der Waals surface area contributed by atoms with Crippen molar-refractivity contribution in [1.82, 2.24) is 9.88 Å². The van der Waals surface area contributed by atoms with Gasteiger partial charge >= 0.3 is 0 Å². The number of amides is 1. The Bertz CT molecular complexity index is 694. The second-order valence-electron chi connectivity index (χ2n) is 6.27. The van der Waals surface area contributed by atoms with Crippen molar-refractivity contribution in [2.75, 3.05) is 32.1 Å². The predicted octanol–water partition coefficient (Wildman–Crippen LogP) is 3.37. The molecule has 0 unspecified atom stereocenters. The number of likely N-dealkylation sites (tertiary alicyclic amines) is 1. The average Bonchev–Trinajstić information content (AvgIpc) is 2.69. The Morgan fingerprint density at radius 3 is 2.68 bits per heavy atom. The monoisotopic (exact) mass is 339 g/mol. The third-order valence-corrected chi connectivity index (χ3v) is 4.54. The van der Waals surface area contributed by atoms with Gasteiger partial charge in [0.2, 0.25) is 0 Å². The summed E-state index contributed by atoms with van der Waals surface area (Å²) in [7, 11) is 1.69. The smallest absolute Gasteiger partial charge is 0.272 e. The molecule has 1 N–H and O–H groups in total. The summed E-state index contributed by atoms with van der Waals surface area (Å²) in [6.45, 7) is 2.47. The number of hydrogen-bond donors (Lipinski definition) is 1. The van der Waals surface area contributed by atoms with Gasteiger partial charge in [-0.1, -0.05) is 18.2 Å². The highest BCUT2D eigenvalue weighted by atomic mass is 16.5. The summed E-state index contributed by atoms with van der Waals surface area (Å²) in [5.41, 5.74) is 2.62. The van der Waals surface area contributed by atoms with E-state index in [1.165, 1.54) is 12.0 Å². The van der Waals surface area contributed by atoms with Gasteiger partial charge in [0.25, 0.3) is 5.91 Å². The minimum absolute atomic E-state index is 0.0419. The van der Waals surface area contributed by atoms with Crippen molar-refractivity contribution in [2.45, 2.75) is 25.7 Å². The number of benzene rings is 1. The molecule has 1 fully saturated rings. The molecule has 1 saturated heterocycles. The number of nitrogens with zero attached hydrogens (tertiary/aromatic N) is 2. The number of piperidine rings is 1. The van der Waals surface area contributed by atoms with E-state index in [-0.39, 0.29) is 5.91 Å². The normalized spacial score (nSPS) is 14.2. The van der Waals surface area contributed by atoms with E-state index in [0.29, 0.717) is 5.69 Å². The second kappa shape index (κ2) is 8.51. The highest BCUT2D eigenvalue weighted by molar-refractivity contribution is 5.92. The molecule has 0 radical (unpaired) electrons. The van der Waals surface area contributed by atoms with Crippen molar-refractivity contribution in [3.05, 3.63) is 53.9 Å². The average molecular weight is 339 g/mol. The Balaban J connectivity index is 1.53. The number of carbonyl (C=O) groups is 1. The lowest BCUT2D eigenvalue weighted by molar-refractivity contribution is 0.0718. The number of rotatable bonds is 6. The fraction of sp³-hybridized carbons (Fsp3) is 0.400. The Morgan fingerprint density at radius 1 is 1.16 bits per heavy atom. The summed E-state index contributed by atoms with van der Waals surface area (Å²) in [6, 6.07) is 11.8. The summed E-state index contributed by atoms with van der Waals surface area (Å²) >= 11 is 0. The Kier molecular flexibility index (Phi) is 5.88. The van der Waals surface area contributed by atoms with Gasteiger partial charge in [-0.3, -0.25) is 4.79 Å². The van der Waals surface area contributed by atoms with Crippen LogP contribution in [0.1, 0.15) is 35.3 Å². The van der Waals surface area contributed by atoms with Crippen LogP contribution in [-0.2, 0) is 6.42 Å². The van der Waals surface area contributed by atoms with E-state index in [4.69, 9.17) is 4.74 Å². The third kappa shape index (κ3) is 4.50. The molecule has 1 aliphatic heterocycles. The molecule has 0 saturated carbocycles. The van der Waals surface area contributed by atoms with Crippen molar-refractivity contribution < 1.29 is 9.53 Å². The van der Waals surface area contributed by atoms with E-state index in [9.17, 15) is 4.79 Å². The molecule has 2 heterocycles. The molecular formula is C20H25N3O2. The molecule has 3 rings (SSSR count). The molecule has 2 aromatic rings. The predicted molar refractivity (Wildman–Crippen MR) is 99.2 cm³/mol. The molecule has 25 heavy (non-hydrogen) atoms. The zero-order chi connectivity index (χ0) is 17.5. The summed E-state index contributed by atoms with van der Waals surface area (Å²) < 4.78 is 5.37. The highest BCUT2D eigenvalue weighted by Gasteiger charge is 2.18. The Hall–Kier alpha value is -2.56. The number of hydrogen-bond acceptors (Lipinski definition) is 4. The van der Waals surface area contributed by atoms with E-state index in [2.05, 4.69) is 16.4 Å². The maximum Gasteiger partial charge on any atom is 0.272 e. The van der Waals surface area contributed by atoms with Crippen molar-refractivity contribution >= 4 is 11.6 Å². The van der Waals surface area contributed by atoms with Crippen LogP contribution in [-0.4, -0.2) is 42.5 Å². The maximum atomic E-state index is 12.4. The maximum absolute atomic E-state index is 12.4. The molecule has 1 amide bonds. The number of anilines is 1. The molecule has 5 heteroatoms. The number of pyridine rings is 1. The third-order valence-electron chi connectivity index (χ3n) is 4.54. The standard InChI is InChI=1S/C20H25N3O2/c1-25-19-8-4-3-7-16(19)11-12-21-17-9-10-18(22-15-17)20(24)23-13-5-2-6-14-23/h3-4,7-10,15,21H,2,5-6,11-14H2,1H3. The van der Waals surface area contributed by atoms with Gasteiger partial charge in [-0.05, 0) is 49.4 Å². The molecule has 1 aromatic carbocycles. The van der Waals surface area contributed by atoms with Crippen molar-refractivity contribution in [2.24, 2.45) is 0 Å². The molecule has 1 aliphatic rings. The van der Waals surface area contributed by atoms with Gasteiger partial charge in [-0.25, -0.2) is 4.98 Å². The van der Waals surface area contributed by atoms with Gasteiger partial charge < -0.3 is 15.0 Å². The van der Waals surface area contributed by atoms with Crippen LogP contribution in [0, 0.1) is 0 Å². The first-order valence-corrected chi connectivity index (χ1v) is 8.89. The van der Waals surface area contributed by atoms with Crippen LogP contribution in [0.4, 0.5) is 5.69 Å². The van der Waals surface area contributed by atoms with Gasteiger partial charge in [0.1, 0.15) is 11.4 Å². The lowest BCUT2D eigenvalue weighted by Gasteiger charge is -2.26. The van der Waals surface area contributed by atoms with Crippen LogP contribution in [0.3, 0.4) is 0 Å². The lowest BCUT2D eigenvalue weighted by Crippen LogP contribution is -2.36. The minimum Gasteiger partial charge on any atom is -0.496 e. The van der Waals surface area contributed by atoms with E-state index < -0.39 is 0 Å². The Labute approximate surface area is 149 Å². The SMILES string of the molecule is COc1ccccc1CCNc1ccc(C(=O)N2CCCCC2)nc1. The first-order chi connectivity index (χ1) is 12.3. The van der Waals surface area contributed by atoms with E-state index in [1.54, 1.807) is 13.3 Å². The largest absolute Gasteiger partial charge is 0.496 e. The molecular weight excluding hydrogens is 314 g/mol. The number of methoxy groups -OCH3 is 1. The van der Waals surface area contributed by atoms with E-state index in [0.717, 1.165) is 50.3 Å². The first kappa shape index (κ1) is 17.3. The van der Waals surface area contributed by atoms with Gasteiger partial charge in [-0.2, -0.15) is 0 Å². The Morgan fingerprint density at radius 2 is 1.96 bits per heavy atom. The number of ether oxygens (including phenoxy) is 1. The quantitative estimate of drug-likeness (QED) is 0.877. The van der Waals surface area contributed by atoms with E-state index in [1.807, 2.05) is 35.2 Å².